The molecular weight excluding hydrogens is 330 g/mol. The van der Waals surface area contributed by atoms with E-state index in [0.29, 0.717) is 17.5 Å². The minimum Gasteiger partial charge on any atom is -0.465 e. The van der Waals surface area contributed by atoms with Gasteiger partial charge in [-0.25, -0.2) is 4.79 Å². The van der Waals surface area contributed by atoms with Gasteiger partial charge in [-0.05, 0) is 53.0 Å². The Hall–Kier alpha value is -0.580. The molecule has 106 valence electrons. The smallest absolute Gasteiger partial charge is 0.327 e. The number of rotatable bonds is 6. The lowest BCUT2D eigenvalue weighted by Gasteiger charge is -2.19. The first-order valence-corrected chi connectivity index (χ1v) is 7.47. The molecule has 0 aliphatic heterocycles. The summed E-state index contributed by atoms with van der Waals surface area (Å²) in [6.45, 7) is 7.07. The second-order valence-corrected chi connectivity index (χ2v) is 5.92. The van der Waals surface area contributed by atoms with E-state index in [1.54, 1.807) is 13.0 Å². The maximum atomic E-state index is 12.0. The van der Waals surface area contributed by atoms with E-state index in [0.717, 1.165) is 16.6 Å². The van der Waals surface area contributed by atoms with Crippen LogP contribution in [-0.4, -0.2) is 19.1 Å². The van der Waals surface area contributed by atoms with E-state index in [2.05, 4.69) is 35.1 Å². The highest BCUT2D eigenvalue weighted by Crippen LogP contribution is 2.26. The summed E-state index contributed by atoms with van der Waals surface area (Å²) in [5.74, 6) is 0.171. The maximum absolute atomic E-state index is 12.0. The number of benzene rings is 1. The third kappa shape index (κ3) is 5.13. The summed E-state index contributed by atoms with van der Waals surface area (Å²) in [5, 5.41) is 3.80. The van der Waals surface area contributed by atoms with Crippen molar-refractivity contribution < 1.29 is 9.53 Å². The second-order valence-electron chi connectivity index (χ2n) is 4.66. The normalized spacial score (nSPS) is 12.5. The number of esters is 1. The van der Waals surface area contributed by atoms with Crippen molar-refractivity contribution in [1.82, 2.24) is 5.32 Å². The Balaban J connectivity index is 2.93. The minimum atomic E-state index is -0.479. The summed E-state index contributed by atoms with van der Waals surface area (Å²) in [4.78, 5) is 12.0. The third-order valence-electron chi connectivity index (χ3n) is 2.53. The van der Waals surface area contributed by atoms with Crippen molar-refractivity contribution in [2.24, 2.45) is 5.92 Å². The molecule has 0 bridgehead atoms. The average molecular weight is 349 g/mol. The Kier molecular flexibility index (Phi) is 6.83. The zero-order valence-electron chi connectivity index (χ0n) is 11.4. The van der Waals surface area contributed by atoms with Crippen LogP contribution in [-0.2, 0) is 9.53 Å². The monoisotopic (exact) mass is 347 g/mol. The van der Waals surface area contributed by atoms with Crippen LogP contribution in [0.25, 0.3) is 0 Å². The largest absolute Gasteiger partial charge is 0.465 e. The number of ether oxygens (including phenoxy) is 1. The number of hydrogen-bond donors (Lipinski definition) is 1. The van der Waals surface area contributed by atoms with E-state index in [4.69, 9.17) is 16.3 Å². The van der Waals surface area contributed by atoms with Gasteiger partial charge in [-0.1, -0.05) is 31.5 Å². The molecule has 3 nitrogen and oxygen atoms in total. The summed E-state index contributed by atoms with van der Waals surface area (Å²) in [6, 6.07) is 5.00. The van der Waals surface area contributed by atoms with Gasteiger partial charge >= 0.3 is 5.97 Å². The van der Waals surface area contributed by atoms with Gasteiger partial charge in [0.25, 0.3) is 0 Å². The zero-order valence-corrected chi connectivity index (χ0v) is 13.7. The van der Waals surface area contributed by atoms with Gasteiger partial charge in [0.15, 0.2) is 0 Å². The molecule has 1 aromatic carbocycles. The SMILES string of the molecule is CCOC(=O)C(NCC(C)C)c1ccc(Br)c(Cl)c1. The van der Waals surface area contributed by atoms with E-state index in [1.165, 1.54) is 0 Å². The first-order valence-electron chi connectivity index (χ1n) is 6.30. The molecular formula is C14H19BrClNO2. The van der Waals surface area contributed by atoms with E-state index < -0.39 is 6.04 Å². The molecule has 0 aromatic heterocycles. The van der Waals surface area contributed by atoms with Crippen LogP contribution < -0.4 is 5.32 Å². The quantitative estimate of drug-likeness (QED) is 0.791. The number of carbonyl (C=O) groups excluding carboxylic acids is 1. The fourth-order valence-electron chi connectivity index (χ4n) is 1.61. The van der Waals surface area contributed by atoms with E-state index in [9.17, 15) is 4.79 Å². The van der Waals surface area contributed by atoms with Crippen molar-refractivity contribution in [2.45, 2.75) is 26.8 Å². The number of hydrogen-bond acceptors (Lipinski definition) is 3. The van der Waals surface area contributed by atoms with Gasteiger partial charge in [0.2, 0.25) is 0 Å². The molecule has 19 heavy (non-hydrogen) atoms. The Bertz CT molecular complexity index is 437. The fraction of sp³-hybridized carbons (Fsp3) is 0.500. The van der Waals surface area contributed by atoms with E-state index >= 15 is 0 Å². The molecule has 0 spiro atoms. The first-order chi connectivity index (χ1) is 8.95. The fourth-order valence-corrected chi connectivity index (χ4v) is 2.04. The summed E-state index contributed by atoms with van der Waals surface area (Å²) in [7, 11) is 0. The van der Waals surface area contributed by atoms with Crippen molar-refractivity contribution in [2.75, 3.05) is 13.2 Å². The molecule has 1 atom stereocenters. The third-order valence-corrected chi connectivity index (χ3v) is 3.76. The number of carbonyl (C=O) groups is 1. The van der Waals surface area contributed by atoms with Crippen LogP contribution in [0.1, 0.15) is 32.4 Å². The molecule has 0 fully saturated rings. The number of halogens is 2. The van der Waals surface area contributed by atoms with Crippen LogP contribution in [0, 0.1) is 5.92 Å². The van der Waals surface area contributed by atoms with E-state index in [-0.39, 0.29) is 5.97 Å². The van der Waals surface area contributed by atoms with Crippen LogP contribution in [0.15, 0.2) is 22.7 Å². The molecule has 0 amide bonds. The summed E-state index contributed by atoms with van der Waals surface area (Å²) < 4.78 is 5.91. The topological polar surface area (TPSA) is 38.3 Å². The Labute approximate surface area is 127 Å². The maximum Gasteiger partial charge on any atom is 0.327 e. The molecule has 0 radical (unpaired) electrons. The highest BCUT2D eigenvalue weighted by atomic mass is 79.9. The van der Waals surface area contributed by atoms with Gasteiger partial charge in [-0.3, -0.25) is 0 Å². The molecule has 0 heterocycles. The van der Waals surface area contributed by atoms with E-state index in [1.807, 2.05) is 12.1 Å². The standard InChI is InChI=1S/C14H19BrClNO2/c1-4-19-14(18)13(17-8-9(2)3)10-5-6-11(15)12(16)7-10/h5-7,9,13,17H,4,8H2,1-3H3. The van der Waals surface area contributed by atoms with Gasteiger partial charge < -0.3 is 10.1 Å². The minimum absolute atomic E-state index is 0.276. The van der Waals surface area contributed by atoms with Crippen LogP contribution in [0.2, 0.25) is 5.02 Å². The van der Waals surface area contributed by atoms with Crippen LogP contribution in [0.3, 0.4) is 0 Å². The molecule has 0 aliphatic carbocycles. The lowest BCUT2D eigenvalue weighted by atomic mass is 10.1. The average Bonchev–Trinajstić information content (AvgIpc) is 2.33. The molecule has 5 heteroatoms. The lowest BCUT2D eigenvalue weighted by molar-refractivity contribution is -0.145. The Morgan fingerprint density at radius 2 is 2.16 bits per heavy atom. The Morgan fingerprint density at radius 1 is 1.47 bits per heavy atom. The van der Waals surface area contributed by atoms with Gasteiger partial charge in [-0.2, -0.15) is 0 Å². The highest BCUT2D eigenvalue weighted by Gasteiger charge is 2.22. The summed E-state index contributed by atoms with van der Waals surface area (Å²) in [5.41, 5.74) is 0.812. The molecule has 1 N–H and O–H groups in total. The molecule has 1 unspecified atom stereocenters. The van der Waals surface area contributed by atoms with Gasteiger partial charge in [0, 0.05) is 4.47 Å². The summed E-state index contributed by atoms with van der Waals surface area (Å²) in [6.07, 6.45) is 0. The number of nitrogens with one attached hydrogen (secondary N) is 1. The van der Waals surface area contributed by atoms with Crippen molar-refractivity contribution in [3.63, 3.8) is 0 Å². The van der Waals surface area contributed by atoms with Gasteiger partial charge in [0.1, 0.15) is 6.04 Å². The molecule has 1 rings (SSSR count). The van der Waals surface area contributed by atoms with Crippen LogP contribution in [0.4, 0.5) is 0 Å². The van der Waals surface area contributed by atoms with Crippen molar-refractivity contribution >= 4 is 33.5 Å². The second kappa shape index (κ2) is 7.88. The molecule has 0 aliphatic rings. The Morgan fingerprint density at radius 3 is 2.68 bits per heavy atom. The van der Waals surface area contributed by atoms with Crippen molar-refractivity contribution in [1.29, 1.82) is 0 Å². The first kappa shape index (κ1) is 16.5. The molecule has 0 saturated heterocycles. The van der Waals surface area contributed by atoms with Crippen molar-refractivity contribution in [3.8, 4) is 0 Å². The summed E-state index contributed by atoms with van der Waals surface area (Å²) >= 11 is 9.42. The van der Waals surface area contributed by atoms with Crippen LogP contribution >= 0.6 is 27.5 Å². The highest BCUT2D eigenvalue weighted by molar-refractivity contribution is 9.10. The predicted octanol–water partition coefficient (Wildman–Crippen LogP) is 3.95. The predicted molar refractivity (Wildman–Crippen MR) is 81.4 cm³/mol. The van der Waals surface area contributed by atoms with Crippen molar-refractivity contribution in [3.05, 3.63) is 33.3 Å². The van der Waals surface area contributed by atoms with Gasteiger partial charge in [0.05, 0.1) is 11.6 Å². The zero-order chi connectivity index (χ0) is 14.4. The molecule has 0 saturated carbocycles. The van der Waals surface area contributed by atoms with Gasteiger partial charge in [-0.15, -0.1) is 0 Å². The van der Waals surface area contributed by atoms with Crippen LogP contribution in [0.5, 0.6) is 0 Å². The molecule has 1 aromatic rings. The lowest BCUT2D eigenvalue weighted by Crippen LogP contribution is -2.32.